The third-order valence-corrected chi connectivity index (χ3v) is 5.93. The van der Waals surface area contributed by atoms with Gasteiger partial charge in [-0.05, 0) is 29.8 Å². The maximum absolute atomic E-state index is 12.9. The first-order chi connectivity index (χ1) is 14.7. The molecule has 0 saturated carbocycles. The number of fused-ring (bicyclic) bond motifs is 1. The van der Waals surface area contributed by atoms with Gasteiger partial charge in [-0.2, -0.15) is 13.2 Å². The smallest absolute Gasteiger partial charge is 0.323 e. The second kappa shape index (κ2) is 8.16. The van der Waals surface area contributed by atoms with Crippen LogP contribution in [0.25, 0.3) is 20.7 Å². The van der Waals surface area contributed by atoms with E-state index in [1.54, 1.807) is 6.07 Å². The van der Waals surface area contributed by atoms with Crippen molar-refractivity contribution in [1.29, 1.82) is 0 Å². The van der Waals surface area contributed by atoms with E-state index in [0.29, 0.717) is 10.2 Å². The summed E-state index contributed by atoms with van der Waals surface area (Å²) in [5.41, 5.74) is -0.104. The van der Waals surface area contributed by atoms with E-state index < -0.39 is 29.8 Å². The Morgan fingerprint density at radius 3 is 2.58 bits per heavy atom. The van der Waals surface area contributed by atoms with Crippen LogP contribution >= 0.6 is 22.9 Å². The van der Waals surface area contributed by atoms with Gasteiger partial charge in [-0.15, -0.1) is 11.3 Å². The van der Waals surface area contributed by atoms with Crippen molar-refractivity contribution in [3.05, 3.63) is 81.9 Å². The molecular formula is C21H13ClF3N3O2S. The summed E-state index contributed by atoms with van der Waals surface area (Å²) in [6, 6.07) is 13.9. The molecule has 2 aromatic heterocycles. The summed E-state index contributed by atoms with van der Waals surface area (Å²) in [6.07, 6.45) is -3.34. The first-order valence-corrected chi connectivity index (χ1v) is 10.1. The molecule has 0 spiro atoms. The van der Waals surface area contributed by atoms with Crippen LogP contribution in [0.15, 0.2) is 65.7 Å². The van der Waals surface area contributed by atoms with Crippen molar-refractivity contribution in [1.82, 2.24) is 9.55 Å². The number of rotatable bonds is 4. The molecule has 0 aliphatic heterocycles. The fourth-order valence-corrected chi connectivity index (χ4v) is 4.17. The lowest BCUT2D eigenvalue weighted by atomic mass is 10.2. The Morgan fingerprint density at radius 2 is 1.87 bits per heavy atom. The molecule has 0 radical (unpaired) electrons. The Balaban J connectivity index is 1.58. The van der Waals surface area contributed by atoms with Crippen LogP contribution in [-0.4, -0.2) is 15.5 Å². The molecule has 0 bridgehead atoms. The quantitative estimate of drug-likeness (QED) is 0.438. The van der Waals surface area contributed by atoms with Gasteiger partial charge in [-0.1, -0.05) is 41.9 Å². The number of amides is 1. The Morgan fingerprint density at radius 1 is 1.13 bits per heavy atom. The maximum Gasteiger partial charge on any atom is 0.416 e. The number of carbonyl (C=O) groups is 1. The van der Waals surface area contributed by atoms with Gasteiger partial charge in [0.2, 0.25) is 5.91 Å². The van der Waals surface area contributed by atoms with Crippen molar-refractivity contribution >= 4 is 44.7 Å². The minimum Gasteiger partial charge on any atom is -0.323 e. The zero-order valence-electron chi connectivity index (χ0n) is 15.6. The molecule has 158 valence electrons. The van der Waals surface area contributed by atoms with E-state index in [-0.39, 0.29) is 10.7 Å². The minimum absolute atomic E-state index is 0.0481. The van der Waals surface area contributed by atoms with Crippen molar-refractivity contribution in [3.8, 4) is 10.4 Å². The van der Waals surface area contributed by atoms with Crippen molar-refractivity contribution in [2.45, 2.75) is 12.7 Å². The normalized spacial score (nSPS) is 11.6. The summed E-state index contributed by atoms with van der Waals surface area (Å²) in [5, 5.41) is 2.27. The molecular weight excluding hydrogens is 451 g/mol. The third-order valence-electron chi connectivity index (χ3n) is 4.44. The number of anilines is 1. The summed E-state index contributed by atoms with van der Waals surface area (Å²) < 4.78 is 40.2. The van der Waals surface area contributed by atoms with Gasteiger partial charge < -0.3 is 5.32 Å². The number of hydrogen-bond acceptors (Lipinski definition) is 4. The number of aromatic nitrogens is 2. The average Bonchev–Trinajstić information content (AvgIpc) is 3.17. The fourth-order valence-electron chi connectivity index (χ4n) is 2.94. The molecule has 2 heterocycles. The van der Waals surface area contributed by atoms with Crippen LogP contribution < -0.4 is 10.9 Å². The second-order valence-corrected chi connectivity index (χ2v) is 8.07. The SMILES string of the molecule is O=C(Cn1cnc2cc(-c3ccccc3)sc2c1=O)Nc1cc(C(F)(F)F)ccc1Cl. The minimum atomic E-state index is -4.58. The highest BCUT2D eigenvalue weighted by Gasteiger charge is 2.31. The molecule has 0 aliphatic rings. The van der Waals surface area contributed by atoms with E-state index in [0.717, 1.165) is 33.2 Å². The molecule has 1 N–H and O–H groups in total. The largest absolute Gasteiger partial charge is 0.416 e. The predicted molar refractivity (Wildman–Crippen MR) is 114 cm³/mol. The van der Waals surface area contributed by atoms with Crippen LogP contribution in [0, 0.1) is 0 Å². The molecule has 5 nitrogen and oxygen atoms in total. The fraction of sp³-hybridized carbons (Fsp3) is 0.0952. The number of alkyl halides is 3. The maximum atomic E-state index is 12.9. The number of carbonyl (C=O) groups excluding carboxylic acids is 1. The van der Waals surface area contributed by atoms with Gasteiger partial charge in [0.05, 0.1) is 28.1 Å². The standard InChI is InChI=1S/C21H13ClF3N3O2S/c22-14-7-6-13(21(23,24)25)8-15(14)27-18(29)10-28-11-26-16-9-17(31-19(16)20(28)30)12-4-2-1-3-5-12/h1-9,11H,10H2,(H,27,29). The van der Waals surface area contributed by atoms with Gasteiger partial charge in [-0.3, -0.25) is 14.2 Å². The summed E-state index contributed by atoms with van der Waals surface area (Å²) in [7, 11) is 0. The summed E-state index contributed by atoms with van der Waals surface area (Å²) in [5.74, 6) is -0.704. The highest BCUT2D eigenvalue weighted by molar-refractivity contribution is 7.22. The van der Waals surface area contributed by atoms with Gasteiger partial charge in [-0.25, -0.2) is 4.98 Å². The first kappa shape index (κ1) is 21.1. The molecule has 4 aromatic rings. The summed E-state index contributed by atoms with van der Waals surface area (Å²) in [4.78, 5) is 30.3. The van der Waals surface area contributed by atoms with E-state index >= 15 is 0 Å². The lowest BCUT2D eigenvalue weighted by Gasteiger charge is -2.12. The number of thiophene rings is 1. The zero-order valence-corrected chi connectivity index (χ0v) is 17.2. The highest BCUT2D eigenvalue weighted by atomic mass is 35.5. The molecule has 4 rings (SSSR count). The van der Waals surface area contributed by atoms with Crippen LogP contribution in [-0.2, 0) is 17.5 Å². The Hall–Kier alpha value is -3.17. The van der Waals surface area contributed by atoms with Gasteiger partial charge in [0.1, 0.15) is 11.2 Å². The molecule has 0 unspecified atom stereocenters. The molecule has 0 fully saturated rings. The molecule has 1 amide bonds. The van der Waals surface area contributed by atoms with Crippen LogP contribution in [0.2, 0.25) is 5.02 Å². The molecule has 2 aromatic carbocycles. The Kier molecular flexibility index (Phi) is 5.55. The predicted octanol–water partition coefficient (Wildman–Crippen LogP) is 5.44. The van der Waals surface area contributed by atoms with Crippen molar-refractivity contribution < 1.29 is 18.0 Å². The lowest BCUT2D eigenvalue weighted by Crippen LogP contribution is -2.27. The summed E-state index contributed by atoms with van der Waals surface area (Å²) >= 11 is 7.16. The lowest BCUT2D eigenvalue weighted by molar-refractivity contribution is -0.137. The van der Waals surface area contributed by atoms with E-state index in [9.17, 15) is 22.8 Å². The average molecular weight is 464 g/mol. The zero-order chi connectivity index (χ0) is 22.2. The molecule has 31 heavy (non-hydrogen) atoms. The van der Waals surface area contributed by atoms with Gasteiger partial charge >= 0.3 is 6.18 Å². The summed E-state index contributed by atoms with van der Waals surface area (Å²) in [6.45, 7) is -0.424. The highest BCUT2D eigenvalue weighted by Crippen LogP contribution is 2.34. The van der Waals surface area contributed by atoms with Crippen molar-refractivity contribution in [2.75, 3.05) is 5.32 Å². The molecule has 0 saturated heterocycles. The molecule has 10 heteroatoms. The van der Waals surface area contributed by atoms with E-state index in [4.69, 9.17) is 11.6 Å². The first-order valence-electron chi connectivity index (χ1n) is 8.93. The van der Waals surface area contributed by atoms with Crippen molar-refractivity contribution in [3.63, 3.8) is 0 Å². The Labute approximate surface area is 182 Å². The number of benzene rings is 2. The van der Waals surface area contributed by atoms with Crippen LogP contribution in [0.4, 0.5) is 18.9 Å². The molecule has 0 aliphatic carbocycles. The van der Waals surface area contributed by atoms with Crippen LogP contribution in [0.3, 0.4) is 0 Å². The number of nitrogens with one attached hydrogen (secondary N) is 1. The third kappa shape index (κ3) is 4.47. The van der Waals surface area contributed by atoms with Gasteiger partial charge in [0.15, 0.2) is 0 Å². The topological polar surface area (TPSA) is 64.0 Å². The number of nitrogens with zero attached hydrogens (tertiary/aromatic N) is 2. The monoisotopic (exact) mass is 463 g/mol. The van der Waals surface area contributed by atoms with E-state index in [2.05, 4.69) is 10.3 Å². The van der Waals surface area contributed by atoms with E-state index in [1.165, 1.54) is 17.7 Å². The van der Waals surface area contributed by atoms with Crippen LogP contribution in [0.5, 0.6) is 0 Å². The van der Waals surface area contributed by atoms with Crippen LogP contribution in [0.1, 0.15) is 5.56 Å². The second-order valence-electron chi connectivity index (χ2n) is 6.61. The number of halogens is 4. The number of hydrogen-bond donors (Lipinski definition) is 1. The Bertz CT molecular complexity index is 1330. The van der Waals surface area contributed by atoms with Gasteiger partial charge in [0.25, 0.3) is 5.56 Å². The van der Waals surface area contributed by atoms with Crippen molar-refractivity contribution in [2.24, 2.45) is 0 Å². The van der Waals surface area contributed by atoms with E-state index in [1.807, 2.05) is 30.3 Å². The van der Waals surface area contributed by atoms with Gasteiger partial charge in [0, 0.05) is 4.88 Å². The molecule has 0 atom stereocenters.